The number of anilines is 3. The molecule has 0 heterocycles. The smallest absolute Gasteiger partial charge is 0.226 e. The monoisotopic (exact) mass is 279 g/mol. The summed E-state index contributed by atoms with van der Waals surface area (Å²) in [5.41, 5.74) is 3.13. The van der Waals surface area contributed by atoms with Crippen LogP contribution < -0.4 is 10.6 Å². The van der Waals surface area contributed by atoms with Crippen LogP contribution in [-0.4, -0.2) is 5.91 Å². The van der Waals surface area contributed by atoms with E-state index in [-0.39, 0.29) is 11.8 Å². The predicted octanol–water partition coefficient (Wildman–Crippen LogP) is 3.90. The van der Waals surface area contributed by atoms with Crippen LogP contribution in [0.3, 0.4) is 0 Å². The Morgan fingerprint density at radius 3 is 2.33 bits per heavy atom. The van der Waals surface area contributed by atoms with Crippen molar-refractivity contribution in [2.24, 2.45) is 5.92 Å². The highest BCUT2D eigenvalue weighted by Gasteiger charge is 2.06. The largest absolute Gasteiger partial charge is 0.355 e. The van der Waals surface area contributed by atoms with E-state index in [9.17, 15) is 4.79 Å². The SMILES string of the molecule is CC(C)C(=O)Nc1ccc(Nc2cccc(C#N)c2)cc1. The summed E-state index contributed by atoms with van der Waals surface area (Å²) >= 11 is 0. The van der Waals surface area contributed by atoms with E-state index in [2.05, 4.69) is 16.7 Å². The van der Waals surface area contributed by atoms with Gasteiger partial charge in [-0.15, -0.1) is 0 Å². The van der Waals surface area contributed by atoms with Crippen molar-refractivity contribution >= 4 is 23.0 Å². The first-order valence-electron chi connectivity index (χ1n) is 6.76. The number of hydrogen-bond donors (Lipinski definition) is 2. The van der Waals surface area contributed by atoms with Gasteiger partial charge in [-0.2, -0.15) is 5.26 Å². The fraction of sp³-hybridized carbons (Fsp3) is 0.176. The van der Waals surface area contributed by atoms with Gasteiger partial charge in [0.25, 0.3) is 0 Å². The standard InChI is InChI=1S/C17H17N3O/c1-12(2)17(21)20-15-8-6-14(7-9-15)19-16-5-3-4-13(10-16)11-18/h3-10,12,19H,1-2H3,(H,20,21). The second kappa shape index (κ2) is 6.58. The first-order valence-corrected chi connectivity index (χ1v) is 6.76. The Kier molecular flexibility index (Phi) is 4.57. The zero-order valence-corrected chi connectivity index (χ0v) is 12.1. The van der Waals surface area contributed by atoms with Gasteiger partial charge in [0.2, 0.25) is 5.91 Å². The van der Waals surface area contributed by atoms with Crippen molar-refractivity contribution in [2.45, 2.75) is 13.8 Å². The zero-order valence-electron chi connectivity index (χ0n) is 12.1. The quantitative estimate of drug-likeness (QED) is 0.892. The third kappa shape index (κ3) is 4.08. The lowest BCUT2D eigenvalue weighted by molar-refractivity contribution is -0.118. The molecule has 0 saturated carbocycles. The molecular weight excluding hydrogens is 262 g/mol. The van der Waals surface area contributed by atoms with Crippen LogP contribution in [0.25, 0.3) is 0 Å². The third-order valence-electron chi connectivity index (χ3n) is 2.96. The van der Waals surface area contributed by atoms with Crippen molar-refractivity contribution in [3.8, 4) is 6.07 Å². The van der Waals surface area contributed by atoms with Gasteiger partial charge in [-0.3, -0.25) is 4.79 Å². The van der Waals surface area contributed by atoms with Crippen molar-refractivity contribution in [1.82, 2.24) is 0 Å². The maximum Gasteiger partial charge on any atom is 0.226 e. The van der Waals surface area contributed by atoms with E-state index < -0.39 is 0 Å². The average molecular weight is 279 g/mol. The van der Waals surface area contributed by atoms with Crippen LogP contribution in [0, 0.1) is 17.2 Å². The van der Waals surface area contributed by atoms with Crippen LogP contribution >= 0.6 is 0 Å². The molecule has 0 aliphatic carbocycles. The van der Waals surface area contributed by atoms with Crippen molar-refractivity contribution in [3.05, 3.63) is 54.1 Å². The number of nitriles is 1. The molecule has 0 unspecified atom stereocenters. The normalized spacial score (nSPS) is 10.0. The summed E-state index contributed by atoms with van der Waals surface area (Å²) < 4.78 is 0. The van der Waals surface area contributed by atoms with Crippen LogP contribution in [0.4, 0.5) is 17.1 Å². The van der Waals surface area contributed by atoms with Gasteiger partial charge in [-0.1, -0.05) is 19.9 Å². The summed E-state index contributed by atoms with van der Waals surface area (Å²) in [5.74, 6) is -0.0473. The lowest BCUT2D eigenvalue weighted by Crippen LogP contribution is -2.17. The molecular formula is C17H17N3O. The van der Waals surface area contributed by atoms with Crippen LogP contribution in [0.1, 0.15) is 19.4 Å². The molecule has 2 N–H and O–H groups in total. The Balaban J connectivity index is 2.05. The molecule has 0 fully saturated rings. The number of rotatable bonds is 4. The van der Waals surface area contributed by atoms with Crippen LogP contribution in [0.5, 0.6) is 0 Å². The molecule has 106 valence electrons. The van der Waals surface area contributed by atoms with Crippen LogP contribution in [-0.2, 0) is 4.79 Å². The van der Waals surface area contributed by atoms with Gasteiger partial charge >= 0.3 is 0 Å². The van der Waals surface area contributed by atoms with Gasteiger partial charge in [-0.05, 0) is 42.5 Å². The first kappa shape index (κ1) is 14.6. The molecule has 2 rings (SSSR count). The molecule has 0 saturated heterocycles. The number of amides is 1. The molecule has 2 aromatic rings. The Bertz CT molecular complexity index is 669. The topological polar surface area (TPSA) is 64.9 Å². The number of carbonyl (C=O) groups is 1. The van der Waals surface area contributed by atoms with E-state index in [4.69, 9.17) is 5.26 Å². The second-order valence-corrected chi connectivity index (χ2v) is 5.04. The summed E-state index contributed by atoms with van der Waals surface area (Å²) in [6.45, 7) is 3.71. The Labute approximate surface area is 124 Å². The van der Waals surface area contributed by atoms with Gasteiger partial charge in [0.15, 0.2) is 0 Å². The van der Waals surface area contributed by atoms with Gasteiger partial charge in [0.05, 0.1) is 11.6 Å². The Morgan fingerprint density at radius 1 is 1.05 bits per heavy atom. The summed E-state index contributed by atoms with van der Waals surface area (Å²) in [4.78, 5) is 11.6. The molecule has 0 radical (unpaired) electrons. The van der Waals surface area contributed by atoms with E-state index in [1.165, 1.54) is 0 Å². The van der Waals surface area contributed by atoms with Crippen molar-refractivity contribution < 1.29 is 4.79 Å². The molecule has 1 amide bonds. The Morgan fingerprint density at radius 2 is 1.71 bits per heavy atom. The number of benzene rings is 2. The predicted molar refractivity (Wildman–Crippen MR) is 84.3 cm³/mol. The van der Waals surface area contributed by atoms with Crippen molar-refractivity contribution in [3.63, 3.8) is 0 Å². The van der Waals surface area contributed by atoms with E-state index in [1.54, 1.807) is 12.1 Å². The summed E-state index contributed by atoms with van der Waals surface area (Å²) in [7, 11) is 0. The maximum absolute atomic E-state index is 11.6. The van der Waals surface area contributed by atoms with Crippen LogP contribution in [0.15, 0.2) is 48.5 Å². The zero-order chi connectivity index (χ0) is 15.2. The third-order valence-corrected chi connectivity index (χ3v) is 2.96. The lowest BCUT2D eigenvalue weighted by atomic mass is 10.2. The molecule has 0 aromatic heterocycles. The molecule has 0 atom stereocenters. The minimum Gasteiger partial charge on any atom is -0.355 e. The highest BCUT2D eigenvalue weighted by molar-refractivity contribution is 5.92. The average Bonchev–Trinajstić information content (AvgIpc) is 2.49. The molecule has 0 spiro atoms. The molecule has 0 bridgehead atoms. The van der Waals surface area contributed by atoms with E-state index in [0.29, 0.717) is 5.56 Å². The molecule has 0 aliphatic rings. The minimum atomic E-state index is -0.0449. The van der Waals surface area contributed by atoms with Gasteiger partial charge in [-0.25, -0.2) is 0 Å². The molecule has 21 heavy (non-hydrogen) atoms. The first-order chi connectivity index (χ1) is 10.1. The number of hydrogen-bond acceptors (Lipinski definition) is 3. The molecule has 4 heteroatoms. The number of nitrogens with one attached hydrogen (secondary N) is 2. The molecule has 2 aromatic carbocycles. The van der Waals surface area contributed by atoms with Gasteiger partial charge in [0.1, 0.15) is 0 Å². The highest BCUT2D eigenvalue weighted by Crippen LogP contribution is 2.20. The summed E-state index contributed by atoms with van der Waals surface area (Å²) in [6.07, 6.45) is 0. The van der Waals surface area contributed by atoms with E-state index >= 15 is 0 Å². The molecule has 4 nitrogen and oxygen atoms in total. The fourth-order valence-corrected chi connectivity index (χ4v) is 1.76. The Hall–Kier alpha value is -2.80. The van der Waals surface area contributed by atoms with Gasteiger partial charge in [0, 0.05) is 23.0 Å². The minimum absolute atomic E-state index is 0.00238. The molecule has 0 aliphatic heterocycles. The summed E-state index contributed by atoms with van der Waals surface area (Å²) in [6, 6.07) is 16.8. The van der Waals surface area contributed by atoms with Crippen LogP contribution in [0.2, 0.25) is 0 Å². The number of nitrogens with zero attached hydrogens (tertiary/aromatic N) is 1. The summed E-state index contributed by atoms with van der Waals surface area (Å²) in [5, 5.41) is 14.9. The lowest BCUT2D eigenvalue weighted by Gasteiger charge is -2.10. The van der Waals surface area contributed by atoms with Crippen molar-refractivity contribution in [2.75, 3.05) is 10.6 Å². The van der Waals surface area contributed by atoms with E-state index in [0.717, 1.165) is 17.1 Å². The van der Waals surface area contributed by atoms with E-state index in [1.807, 2.05) is 50.2 Å². The maximum atomic E-state index is 11.6. The van der Waals surface area contributed by atoms with Crippen molar-refractivity contribution in [1.29, 1.82) is 5.26 Å². The number of carbonyl (C=O) groups excluding carboxylic acids is 1. The second-order valence-electron chi connectivity index (χ2n) is 5.04. The highest BCUT2D eigenvalue weighted by atomic mass is 16.1. The fourth-order valence-electron chi connectivity index (χ4n) is 1.76. The van der Waals surface area contributed by atoms with Gasteiger partial charge < -0.3 is 10.6 Å².